The minimum Gasteiger partial charge on any atom is -0.508 e. The van der Waals surface area contributed by atoms with Crippen molar-refractivity contribution in [2.24, 2.45) is 7.05 Å². The maximum Gasteiger partial charge on any atom is 0.347 e. The Morgan fingerprint density at radius 1 is 0.980 bits per heavy atom. The van der Waals surface area contributed by atoms with E-state index in [1.165, 1.54) is 34.2 Å². The van der Waals surface area contributed by atoms with E-state index in [1.807, 2.05) is 52.9 Å². The summed E-state index contributed by atoms with van der Waals surface area (Å²) in [4.78, 5) is 73.4. The summed E-state index contributed by atoms with van der Waals surface area (Å²) >= 11 is 1.86. The van der Waals surface area contributed by atoms with Gasteiger partial charge in [-0.3, -0.25) is 14.4 Å². The van der Waals surface area contributed by atoms with Crippen LogP contribution < -0.4 is 26.4 Å². The number of rotatable bonds is 6. The summed E-state index contributed by atoms with van der Waals surface area (Å²) in [5.74, 6) is -0.684. The lowest BCUT2D eigenvalue weighted by Gasteiger charge is -2.40. The number of carbonyl (C=O) groups is 2. The fraction of sp³-hybridized carbons (Fsp3) is 0.243. The number of hydrogen-bond acceptors (Lipinski definition) is 9. The first kappa shape index (κ1) is 32.7. The first-order chi connectivity index (χ1) is 24.5. The zero-order chi connectivity index (χ0) is 35.9. The van der Waals surface area contributed by atoms with Crippen LogP contribution in [0.25, 0.3) is 21.8 Å². The number of halogens is 1. The van der Waals surface area contributed by atoms with Gasteiger partial charge in [-0.25, -0.2) is 28.5 Å². The van der Waals surface area contributed by atoms with Crippen molar-refractivity contribution in [2.45, 2.75) is 37.9 Å². The number of allylic oxidation sites excluding steroid dienone is 6. The van der Waals surface area contributed by atoms with E-state index >= 15 is 0 Å². The molecule has 5 aromatic rings. The highest BCUT2D eigenvalue weighted by atomic mass is 127. The van der Waals surface area contributed by atoms with Gasteiger partial charge in [-0.2, -0.15) is 0 Å². The second-order valence-corrected chi connectivity index (χ2v) is 13.8. The Hall–Kier alpha value is -5.51. The highest BCUT2D eigenvalue weighted by Gasteiger charge is 2.46. The fourth-order valence-corrected chi connectivity index (χ4v) is 8.29. The van der Waals surface area contributed by atoms with E-state index in [-0.39, 0.29) is 69.2 Å². The number of phenolic OH excluding ortho intramolecular Hbond substituents is 1. The Kier molecular flexibility index (Phi) is 7.74. The van der Waals surface area contributed by atoms with Crippen molar-refractivity contribution in [1.29, 1.82) is 0 Å². The molecule has 1 N–H and O–H groups in total. The van der Waals surface area contributed by atoms with Crippen LogP contribution in [0.1, 0.15) is 29.6 Å². The van der Waals surface area contributed by atoms with E-state index in [0.29, 0.717) is 39.1 Å². The van der Waals surface area contributed by atoms with Gasteiger partial charge in [0.1, 0.15) is 11.4 Å². The fourth-order valence-electron chi connectivity index (χ4n) is 7.72. The number of aromatic nitrogens is 5. The van der Waals surface area contributed by atoms with Crippen molar-refractivity contribution in [3.05, 3.63) is 124 Å². The van der Waals surface area contributed by atoms with Gasteiger partial charge in [0.05, 0.1) is 41.4 Å². The van der Waals surface area contributed by atoms with Crippen molar-refractivity contribution < 1.29 is 24.2 Å². The number of aromatic hydroxyl groups is 1. The lowest BCUT2D eigenvalue weighted by molar-refractivity contribution is -0.115. The number of ketones is 2. The number of benzene rings is 3. The molecule has 0 amide bonds. The van der Waals surface area contributed by atoms with Crippen LogP contribution in [0.2, 0.25) is 0 Å². The van der Waals surface area contributed by atoms with Crippen LogP contribution in [0.4, 0.5) is 0 Å². The van der Waals surface area contributed by atoms with Gasteiger partial charge >= 0.3 is 11.4 Å². The first-order valence-electron chi connectivity index (χ1n) is 16.2. The molecule has 13 nitrogen and oxygen atoms in total. The number of nitrogens with zero attached hydrogens (tertiary/aromatic N) is 5. The molecule has 0 radical (unpaired) electrons. The summed E-state index contributed by atoms with van der Waals surface area (Å²) < 4.78 is 16.2. The van der Waals surface area contributed by atoms with Gasteiger partial charge in [0, 0.05) is 67.3 Å². The minimum absolute atomic E-state index is 0.00954. The van der Waals surface area contributed by atoms with Crippen molar-refractivity contribution in [1.82, 2.24) is 23.5 Å². The van der Waals surface area contributed by atoms with Gasteiger partial charge in [0.2, 0.25) is 0 Å². The topological polar surface area (TPSA) is 157 Å². The van der Waals surface area contributed by atoms with Gasteiger partial charge in [0.25, 0.3) is 5.56 Å². The van der Waals surface area contributed by atoms with Gasteiger partial charge < -0.3 is 19.1 Å². The molecule has 1 aliphatic heterocycles. The summed E-state index contributed by atoms with van der Waals surface area (Å²) in [7, 11) is 4.60. The zero-order valence-electron chi connectivity index (χ0n) is 27.7. The first-order valence-corrected chi connectivity index (χ1v) is 17.3. The zero-order valence-corrected chi connectivity index (χ0v) is 29.8. The molecule has 0 saturated carbocycles. The van der Waals surface area contributed by atoms with Crippen LogP contribution >= 0.6 is 22.6 Å². The molecule has 2 unspecified atom stereocenters. The third kappa shape index (κ3) is 4.87. The monoisotopic (exact) mass is 799 g/mol. The quantitative estimate of drug-likeness (QED) is 0.154. The van der Waals surface area contributed by atoms with Crippen LogP contribution in [0, 0.1) is 0 Å². The molecule has 3 heterocycles. The van der Waals surface area contributed by atoms with Crippen LogP contribution in [-0.4, -0.2) is 54.4 Å². The SMILES string of the molecule is COc1cc2nc(CCn3c(=O)n4n(c3=O)C3CC5=C(C(=O)C(I)=CC5=O)C(c5c(O)ccc6ccccc56)C3=CC4)c(=O)n(C)c2cc1OC. The number of carbonyl (C=O) groups excluding carboxylic acids is 2. The number of fused-ring (bicyclic) bond motifs is 5. The molecule has 8 rings (SSSR count). The minimum atomic E-state index is -0.848. The maximum absolute atomic E-state index is 14.2. The summed E-state index contributed by atoms with van der Waals surface area (Å²) in [6.07, 6.45) is 3.11. The predicted octanol–water partition coefficient (Wildman–Crippen LogP) is 3.61. The number of methoxy groups -OCH3 is 2. The lowest BCUT2D eigenvalue weighted by Crippen LogP contribution is -2.40. The third-order valence-corrected chi connectivity index (χ3v) is 10.9. The van der Waals surface area contributed by atoms with Crippen molar-refractivity contribution in [3.8, 4) is 17.2 Å². The van der Waals surface area contributed by atoms with Gasteiger partial charge in [0.15, 0.2) is 23.1 Å². The van der Waals surface area contributed by atoms with Crippen LogP contribution in [0.15, 0.2) is 95.4 Å². The van der Waals surface area contributed by atoms with E-state index < -0.39 is 23.3 Å². The maximum atomic E-state index is 14.2. The summed E-state index contributed by atoms with van der Waals surface area (Å²) in [5, 5.41) is 12.9. The van der Waals surface area contributed by atoms with Crippen LogP contribution in [0.5, 0.6) is 17.2 Å². The predicted molar refractivity (Wildman–Crippen MR) is 196 cm³/mol. The van der Waals surface area contributed by atoms with Crippen molar-refractivity contribution >= 4 is 56.0 Å². The standard InChI is InChI=1S/C37H30IN5O8/c1-40-26-17-30(51-3)29(50-2)16-24(26)39-23(35(40)47)11-12-41-36(48)42-13-10-20-25(43(42)37(41)49)14-21-28(45)15-22(38)34(46)33(21)32(20)31-19-7-5-4-6-18(19)8-9-27(31)44/h4-10,15-17,25,32,44H,11-14H2,1-3H3. The van der Waals surface area contributed by atoms with E-state index in [9.17, 15) is 29.1 Å². The van der Waals surface area contributed by atoms with E-state index in [4.69, 9.17) is 9.47 Å². The molecule has 3 aliphatic rings. The van der Waals surface area contributed by atoms with E-state index in [2.05, 4.69) is 4.98 Å². The molecule has 2 atom stereocenters. The van der Waals surface area contributed by atoms with Gasteiger partial charge in [-0.1, -0.05) is 36.4 Å². The Labute approximate surface area is 302 Å². The molecule has 2 aromatic heterocycles. The molecular formula is C37H30IN5O8. The molecule has 0 saturated heterocycles. The number of hydrogen-bond donors (Lipinski definition) is 1. The molecule has 3 aromatic carbocycles. The Balaban J connectivity index is 1.23. The summed E-state index contributed by atoms with van der Waals surface area (Å²) in [6, 6.07) is 13.3. The molecule has 2 aliphatic carbocycles. The average Bonchev–Trinajstić information content (AvgIpc) is 3.38. The second kappa shape index (κ2) is 12.1. The molecule has 0 fully saturated rings. The molecule has 0 spiro atoms. The normalized spacial score (nSPS) is 18.4. The third-order valence-electron chi connectivity index (χ3n) is 10.1. The molecule has 51 heavy (non-hydrogen) atoms. The van der Waals surface area contributed by atoms with Crippen molar-refractivity contribution in [3.63, 3.8) is 0 Å². The van der Waals surface area contributed by atoms with E-state index in [0.717, 1.165) is 9.95 Å². The largest absolute Gasteiger partial charge is 0.508 e. The highest BCUT2D eigenvalue weighted by molar-refractivity contribution is 14.1. The van der Waals surface area contributed by atoms with E-state index in [1.54, 1.807) is 31.3 Å². The van der Waals surface area contributed by atoms with Gasteiger partial charge in [-0.05, 0) is 45.0 Å². The smallest absolute Gasteiger partial charge is 0.347 e. The molecule has 0 bridgehead atoms. The van der Waals surface area contributed by atoms with Crippen LogP contribution in [0.3, 0.4) is 0 Å². The number of phenols is 1. The van der Waals surface area contributed by atoms with Crippen LogP contribution in [-0.2, 0) is 36.1 Å². The summed E-state index contributed by atoms with van der Waals surface area (Å²) in [6.45, 7) is -0.113. The highest BCUT2D eigenvalue weighted by Crippen LogP contribution is 2.53. The van der Waals surface area contributed by atoms with Gasteiger partial charge in [-0.15, -0.1) is 0 Å². The Morgan fingerprint density at radius 3 is 2.49 bits per heavy atom. The Bertz CT molecular complexity index is 2670. The Morgan fingerprint density at radius 2 is 1.73 bits per heavy atom. The summed E-state index contributed by atoms with van der Waals surface area (Å²) in [5.41, 5.74) is 1.19. The van der Waals surface area contributed by atoms with Crippen molar-refractivity contribution in [2.75, 3.05) is 14.2 Å². The second-order valence-electron chi connectivity index (χ2n) is 12.7. The molecule has 14 heteroatoms. The number of aryl methyl sites for hydroxylation is 2. The molecule has 258 valence electrons. The number of ether oxygens (including phenoxy) is 2. The average molecular weight is 800 g/mol. The number of Topliss-reactive ketones (excluding diaryl/α,β-unsaturated/α-hetero) is 1. The molecular weight excluding hydrogens is 769 g/mol. The lowest BCUT2D eigenvalue weighted by atomic mass is 9.68.